The summed E-state index contributed by atoms with van der Waals surface area (Å²) >= 11 is 5.87. The van der Waals surface area contributed by atoms with Gasteiger partial charge in [0.25, 0.3) is 5.91 Å². The monoisotopic (exact) mass is 397 g/mol. The first-order chi connectivity index (χ1) is 13.6. The molecular formula is C20H16ClN3O4. The zero-order valence-corrected chi connectivity index (χ0v) is 15.3. The van der Waals surface area contributed by atoms with Crippen LogP contribution in [0.2, 0.25) is 5.02 Å². The Bertz CT molecular complexity index is 969. The Morgan fingerprint density at radius 1 is 1.11 bits per heavy atom. The van der Waals surface area contributed by atoms with Crippen molar-refractivity contribution in [1.82, 2.24) is 5.43 Å². The van der Waals surface area contributed by atoms with E-state index in [0.717, 1.165) is 5.56 Å². The maximum absolute atomic E-state index is 11.9. The highest BCUT2D eigenvalue weighted by Crippen LogP contribution is 2.15. The summed E-state index contributed by atoms with van der Waals surface area (Å²) in [6, 6.07) is 16.9. The molecule has 3 aromatic rings. The number of hydrogen-bond donors (Lipinski definition) is 2. The fourth-order valence-corrected chi connectivity index (χ4v) is 2.38. The highest BCUT2D eigenvalue weighted by Gasteiger charge is 2.06. The molecule has 0 aliphatic carbocycles. The summed E-state index contributed by atoms with van der Waals surface area (Å²) in [5, 5.41) is 7.09. The van der Waals surface area contributed by atoms with E-state index in [2.05, 4.69) is 15.8 Å². The minimum atomic E-state index is -0.438. The summed E-state index contributed by atoms with van der Waals surface area (Å²) in [4.78, 5) is 23.6. The Kier molecular flexibility index (Phi) is 6.43. The molecule has 3 rings (SSSR count). The van der Waals surface area contributed by atoms with E-state index in [1.165, 1.54) is 12.5 Å². The summed E-state index contributed by atoms with van der Waals surface area (Å²) in [5.74, 6) is -0.0320. The normalized spacial score (nSPS) is 10.6. The highest BCUT2D eigenvalue weighted by molar-refractivity contribution is 6.30. The Hall–Kier alpha value is -3.58. The van der Waals surface area contributed by atoms with Crippen molar-refractivity contribution in [2.45, 2.75) is 0 Å². The number of anilines is 1. The number of carbonyl (C=O) groups is 2. The number of hydrogen-bond acceptors (Lipinski definition) is 5. The van der Waals surface area contributed by atoms with Crippen LogP contribution in [0.3, 0.4) is 0 Å². The molecule has 142 valence electrons. The van der Waals surface area contributed by atoms with Crippen LogP contribution in [0.25, 0.3) is 0 Å². The molecule has 0 saturated carbocycles. The molecule has 28 heavy (non-hydrogen) atoms. The molecule has 8 heteroatoms. The van der Waals surface area contributed by atoms with E-state index in [4.69, 9.17) is 20.8 Å². The second-order valence-corrected chi connectivity index (χ2v) is 6.03. The molecular weight excluding hydrogens is 382 g/mol. The van der Waals surface area contributed by atoms with Crippen molar-refractivity contribution in [2.24, 2.45) is 5.10 Å². The minimum Gasteiger partial charge on any atom is -0.484 e. The van der Waals surface area contributed by atoms with Crippen molar-refractivity contribution in [1.29, 1.82) is 0 Å². The van der Waals surface area contributed by atoms with Crippen LogP contribution in [0.1, 0.15) is 16.1 Å². The lowest BCUT2D eigenvalue weighted by molar-refractivity contribution is -0.118. The quantitative estimate of drug-likeness (QED) is 0.469. The topological polar surface area (TPSA) is 92.9 Å². The fourth-order valence-electron chi connectivity index (χ4n) is 2.19. The Labute approximate surface area is 166 Å². The summed E-state index contributed by atoms with van der Waals surface area (Å²) in [5.41, 5.74) is 3.71. The van der Waals surface area contributed by atoms with Gasteiger partial charge in [0, 0.05) is 10.7 Å². The lowest BCUT2D eigenvalue weighted by atomic mass is 10.2. The molecule has 0 fully saturated rings. The third-order valence-electron chi connectivity index (χ3n) is 3.48. The zero-order valence-electron chi connectivity index (χ0n) is 14.6. The van der Waals surface area contributed by atoms with E-state index in [-0.39, 0.29) is 18.3 Å². The average Bonchev–Trinajstić information content (AvgIpc) is 3.22. The van der Waals surface area contributed by atoms with Crippen LogP contribution in [0.15, 0.2) is 76.4 Å². The molecule has 2 aromatic carbocycles. The van der Waals surface area contributed by atoms with Gasteiger partial charge in [-0.1, -0.05) is 17.7 Å². The van der Waals surface area contributed by atoms with E-state index in [0.29, 0.717) is 16.5 Å². The molecule has 1 aromatic heterocycles. The molecule has 0 spiro atoms. The van der Waals surface area contributed by atoms with Gasteiger partial charge >= 0.3 is 5.91 Å². The van der Waals surface area contributed by atoms with Crippen molar-refractivity contribution in [3.05, 3.63) is 83.3 Å². The zero-order chi connectivity index (χ0) is 19.8. The number of hydrazone groups is 1. The second kappa shape index (κ2) is 9.38. The van der Waals surface area contributed by atoms with Crippen LogP contribution in [0, 0.1) is 0 Å². The molecule has 2 amide bonds. The van der Waals surface area contributed by atoms with Gasteiger partial charge in [0.2, 0.25) is 0 Å². The van der Waals surface area contributed by atoms with Gasteiger partial charge in [0.1, 0.15) is 5.75 Å². The largest absolute Gasteiger partial charge is 0.484 e. The number of halogens is 1. The fraction of sp³-hybridized carbons (Fsp3) is 0.0500. The lowest BCUT2D eigenvalue weighted by Gasteiger charge is -2.08. The molecule has 0 atom stereocenters. The van der Waals surface area contributed by atoms with Crippen LogP contribution >= 0.6 is 11.6 Å². The van der Waals surface area contributed by atoms with E-state index < -0.39 is 5.91 Å². The Morgan fingerprint density at radius 3 is 2.64 bits per heavy atom. The Morgan fingerprint density at radius 2 is 1.93 bits per heavy atom. The molecule has 0 radical (unpaired) electrons. The number of amides is 2. The van der Waals surface area contributed by atoms with Crippen molar-refractivity contribution in [2.75, 3.05) is 11.9 Å². The third-order valence-corrected chi connectivity index (χ3v) is 3.72. The maximum atomic E-state index is 11.9. The third kappa shape index (κ3) is 5.72. The molecule has 0 bridgehead atoms. The number of furan rings is 1. The Balaban J connectivity index is 1.45. The minimum absolute atomic E-state index is 0.140. The van der Waals surface area contributed by atoms with Crippen LogP contribution in [0.5, 0.6) is 5.75 Å². The second-order valence-electron chi connectivity index (χ2n) is 5.59. The van der Waals surface area contributed by atoms with Crippen molar-refractivity contribution in [3.63, 3.8) is 0 Å². The molecule has 0 aliphatic heterocycles. The lowest BCUT2D eigenvalue weighted by Crippen LogP contribution is -2.20. The standard InChI is InChI=1S/C20H16ClN3O4/c21-15-3-1-4-16(11-15)23-19(25)13-28-17-8-6-14(7-9-17)12-22-24-20(26)18-5-2-10-27-18/h1-12H,13H2,(H,23,25)(H,24,26). The molecule has 0 saturated heterocycles. The van der Waals surface area contributed by atoms with Crippen LogP contribution in [0.4, 0.5) is 5.69 Å². The van der Waals surface area contributed by atoms with Gasteiger partial charge in [-0.15, -0.1) is 0 Å². The van der Waals surface area contributed by atoms with Gasteiger partial charge in [0.15, 0.2) is 12.4 Å². The van der Waals surface area contributed by atoms with Gasteiger partial charge in [0.05, 0.1) is 12.5 Å². The number of carbonyl (C=O) groups excluding carboxylic acids is 2. The summed E-state index contributed by atoms with van der Waals surface area (Å²) < 4.78 is 10.4. The summed E-state index contributed by atoms with van der Waals surface area (Å²) in [6.45, 7) is -0.140. The first-order valence-corrected chi connectivity index (χ1v) is 8.63. The van der Waals surface area contributed by atoms with Gasteiger partial charge in [-0.2, -0.15) is 5.10 Å². The maximum Gasteiger partial charge on any atom is 0.307 e. The van der Waals surface area contributed by atoms with Crippen LogP contribution in [-0.4, -0.2) is 24.6 Å². The van der Waals surface area contributed by atoms with E-state index in [1.54, 1.807) is 60.7 Å². The van der Waals surface area contributed by atoms with Gasteiger partial charge < -0.3 is 14.5 Å². The van der Waals surface area contributed by atoms with Gasteiger partial charge in [-0.3, -0.25) is 9.59 Å². The summed E-state index contributed by atoms with van der Waals surface area (Å²) in [6.07, 6.45) is 2.89. The SMILES string of the molecule is O=C(COc1ccc(C=NNC(=O)c2ccco2)cc1)Nc1cccc(Cl)c1. The smallest absolute Gasteiger partial charge is 0.307 e. The van der Waals surface area contributed by atoms with Crippen LogP contribution < -0.4 is 15.5 Å². The molecule has 7 nitrogen and oxygen atoms in total. The van der Waals surface area contributed by atoms with Crippen molar-refractivity contribution in [3.8, 4) is 5.75 Å². The number of ether oxygens (including phenoxy) is 1. The van der Waals surface area contributed by atoms with Gasteiger partial charge in [-0.05, 0) is 60.2 Å². The predicted molar refractivity (Wildman–Crippen MR) is 106 cm³/mol. The number of nitrogens with zero attached hydrogens (tertiary/aromatic N) is 1. The molecule has 1 heterocycles. The van der Waals surface area contributed by atoms with Gasteiger partial charge in [-0.25, -0.2) is 5.43 Å². The first-order valence-electron chi connectivity index (χ1n) is 8.25. The predicted octanol–water partition coefficient (Wildman–Crippen LogP) is 3.71. The average molecular weight is 398 g/mol. The van der Waals surface area contributed by atoms with E-state index in [9.17, 15) is 9.59 Å². The molecule has 2 N–H and O–H groups in total. The number of rotatable bonds is 7. The molecule has 0 unspecified atom stereocenters. The molecule has 0 aliphatic rings. The van der Waals surface area contributed by atoms with Crippen molar-refractivity contribution >= 4 is 35.3 Å². The van der Waals surface area contributed by atoms with E-state index in [1.807, 2.05) is 0 Å². The number of benzene rings is 2. The van der Waals surface area contributed by atoms with Crippen LogP contribution in [-0.2, 0) is 4.79 Å². The first kappa shape index (κ1) is 19.2. The highest BCUT2D eigenvalue weighted by atomic mass is 35.5. The van der Waals surface area contributed by atoms with Crippen molar-refractivity contribution < 1.29 is 18.7 Å². The number of nitrogens with one attached hydrogen (secondary N) is 2. The summed E-state index contributed by atoms with van der Waals surface area (Å²) in [7, 11) is 0. The van der Waals surface area contributed by atoms with E-state index >= 15 is 0 Å².